The number of allylic oxidation sites excluding steroid dienone is 1. The number of hydrogen-bond acceptors (Lipinski definition) is 2. The van der Waals surface area contributed by atoms with Crippen molar-refractivity contribution < 1.29 is 4.79 Å². The summed E-state index contributed by atoms with van der Waals surface area (Å²) in [4.78, 5) is 10.6. The van der Waals surface area contributed by atoms with E-state index in [-0.39, 0.29) is 5.25 Å². The fourth-order valence-electron chi connectivity index (χ4n) is 0.647. The number of rotatable bonds is 1. The van der Waals surface area contributed by atoms with Crippen LogP contribution in [0.25, 0.3) is 0 Å². The maximum Gasteiger partial charge on any atom is 0.143 e. The lowest BCUT2D eigenvalue weighted by molar-refractivity contribution is -0.116. The van der Waals surface area contributed by atoms with Crippen molar-refractivity contribution in [1.82, 2.24) is 0 Å². The highest BCUT2D eigenvalue weighted by Gasteiger charge is 2.14. The zero-order chi connectivity index (χ0) is 5.98. The molecule has 2 heteroatoms. The largest absolute Gasteiger partial charge is 0.299 e. The molecule has 0 aromatic carbocycles. The van der Waals surface area contributed by atoms with Crippen LogP contribution in [0.2, 0.25) is 0 Å². The SMILES string of the molecule is CC(=O)C1CC=CS1. The van der Waals surface area contributed by atoms with Crippen molar-refractivity contribution in [1.29, 1.82) is 0 Å². The van der Waals surface area contributed by atoms with Gasteiger partial charge in [0, 0.05) is 0 Å². The minimum Gasteiger partial charge on any atom is -0.299 e. The van der Waals surface area contributed by atoms with Gasteiger partial charge in [-0.05, 0) is 18.8 Å². The summed E-state index contributed by atoms with van der Waals surface area (Å²) in [7, 11) is 0. The van der Waals surface area contributed by atoms with Crippen LogP contribution in [-0.2, 0) is 4.79 Å². The number of carbonyl (C=O) groups excluding carboxylic acids is 1. The molecule has 0 fully saturated rings. The standard InChI is InChI=1S/C6H8OS/c1-5(7)6-3-2-4-8-6/h2,4,6H,3H2,1H3. The van der Waals surface area contributed by atoms with Crippen molar-refractivity contribution in [3.63, 3.8) is 0 Å². The van der Waals surface area contributed by atoms with E-state index in [1.165, 1.54) is 0 Å². The molecule has 0 saturated heterocycles. The molecule has 1 rings (SSSR count). The third-order valence-electron chi connectivity index (χ3n) is 1.14. The summed E-state index contributed by atoms with van der Waals surface area (Å²) in [5, 5.41) is 2.22. The first-order chi connectivity index (χ1) is 3.80. The van der Waals surface area contributed by atoms with Crippen molar-refractivity contribution in [2.75, 3.05) is 0 Å². The lowest BCUT2D eigenvalue weighted by atomic mass is 10.2. The van der Waals surface area contributed by atoms with Crippen LogP contribution in [-0.4, -0.2) is 11.0 Å². The Kier molecular flexibility index (Phi) is 1.73. The number of carbonyl (C=O) groups is 1. The highest BCUT2D eigenvalue weighted by molar-refractivity contribution is 8.03. The normalized spacial score (nSPS) is 26.4. The molecule has 0 amide bonds. The molecule has 1 aliphatic heterocycles. The molecule has 0 aliphatic carbocycles. The second kappa shape index (κ2) is 2.35. The van der Waals surface area contributed by atoms with Gasteiger partial charge in [0.15, 0.2) is 0 Å². The molecule has 0 N–H and O–H groups in total. The van der Waals surface area contributed by atoms with Crippen molar-refractivity contribution in [2.45, 2.75) is 18.6 Å². The highest BCUT2D eigenvalue weighted by atomic mass is 32.2. The van der Waals surface area contributed by atoms with Crippen molar-refractivity contribution in [2.24, 2.45) is 0 Å². The first-order valence-corrected chi connectivity index (χ1v) is 3.56. The van der Waals surface area contributed by atoms with Crippen LogP contribution in [0.1, 0.15) is 13.3 Å². The zero-order valence-electron chi connectivity index (χ0n) is 4.76. The Bertz CT molecular complexity index is 120. The van der Waals surface area contributed by atoms with E-state index in [9.17, 15) is 4.79 Å². The monoisotopic (exact) mass is 128 g/mol. The minimum atomic E-state index is 0.231. The quantitative estimate of drug-likeness (QED) is 0.533. The lowest BCUT2D eigenvalue weighted by Crippen LogP contribution is -2.08. The van der Waals surface area contributed by atoms with E-state index < -0.39 is 0 Å². The van der Waals surface area contributed by atoms with Crippen molar-refractivity contribution in [3.05, 3.63) is 11.5 Å². The molecular formula is C6H8OS. The Balaban J connectivity index is 2.41. The third kappa shape index (κ3) is 1.13. The van der Waals surface area contributed by atoms with Gasteiger partial charge in [-0.1, -0.05) is 6.08 Å². The van der Waals surface area contributed by atoms with E-state index in [0.29, 0.717) is 5.78 Å². The first-order valence-electron chi connectivity index (χ1n) is 2.61. The summed E-state index contributed by atoms with van der Waals surface area (Å²) in [6, 6.07) is 0. The average molecular weight is 128 g/mol. The Morgan fingerprint density at radius 3 is 2.88 bits per heavy atom. The van der Waals surface area contributed by atoms with Crippen LogP contribution in [0.15, 0.2) is 11.5 Å². The predicted molar refractivity (Wildman–Crippen MR) is 35.8 cm³/mol. The van der Waals surface area contributed by atoms with Gasteiger partial charge >= 0.3 is 0 Å². The van der Waals surface area contributed by atoms with Gasteiger partial charge in [0.05, 0.1) is 5.25 Å². The van der Waals surface area contributed by atoms with Crippen LogP contribution in [0.3, 0.4) is 0 Å². The first kappa shape index (κ1) is 5.89. The maximum absolute atomic E-state index is 10.6. The number of thioether (sulfide) groups is 1. The Labute approximate surface area is 53.2 Å². The molecule has 0 radical (unpaired) electrons. The molecular weight excluding hydrogens is 120 g/mol. The van der Waals surface area contributed by atoms with E-state index in [0.717, 1.165) is 6.42 Å². The topological polar surface area (TPSA) is 17.1 Å². The van der Waals surface area contributed by atoms with Crippen LogP contribution >= 0.6 is 11.8 Å². The van der Waals surface area contributed by atoms with E-state index in [2.05, 4.69) is 0 Å². The number of ketones is 1. The van der Waals surface area contributed by atoms with Gasteiger partial charge in [0.1, 0.15) is 5.78 Å². The zero-order valence-corrected chi connectivity index (χ0v) is 5.57. The molecule has 8 heavy (non-hydrogen) atoms. The van der Waals surface area contributed by atoms with Crippen molar-refractivity contribution in [3.8, 4) is 0 Å². The van der Waals surface area contributed by atoms with E-state index >= 15 is 0 Å². The Hall–Kier alpha value is -0.240. The van der Waals surface area contributed by atoms with Gasteiger partial charge < -0.3 is 0 Å². The van der Waals surface area contributed by atoms with Crippen LogP contribution < -0.4 is 0 Å². The molecule has 1 nitrogen and oxygen atoms in total. The van der Waals surface area contributed by atoms with Gasteiger partial charge in [-0.15, -0.1) is 11.8 Å². The molecule has 1 heterocycles. The van der Waals surface area contributed by atoms with Crippen LogP contribution in [0, 0.1) is 0 Å². The van der Waals surface area contributed by atoms with E-state index in [1.54, 1.807) is 18.7 Å². The van der Waals surface area contributed by atoms with Crippen molar-refractivity contribution >= 4 is 17.5 Å². The molecule has 0 saturated carbocycles. The second-order valence-electron chi connectivity index (χ2n) is 1.84. The van der Waals surface area contributed by atoms with E-state index in [1.807, 2.05) is 11.5 Å². The second-order valence-corrected chi connectivity index (χ2v) is 2.96. The number of hydrogen-bond donors (Lipinski definition) is 0. The van der Waals surface area contributed by atoms with Crippen LogP contribution in [0.4, 0.5) is 0 Å². The summed E-state index contributed by atoms with van der Waals surface area (Å²) >= 11 is 1.62. The lowest BCUT2D eigenvalue weighted by Gasteiger charge is -1.98. The van der Waals surface area contributed by atoms with E-state index in [4.69, 9.17) is 0 Å². The summed E-state index contributed by atoms with van der Waals surface area (Å²) in [6.45, 7) is 1.64. The molecule has 1 aliphatic rings. The Morgan fingerprint density at radius 1 is 1.88 bits per heavy atom. The molecule has 1 atom stereocenters. The summed E-state index contributed by atoms with van der Waals surface area (Å²) in [6.07, 6.45) is 2.97. The number of Topliss-reactive ketones (excluding diaryl/α,β-unsaturated/α-hetero) is 1. The van der Waals surface area contributed by atoms with Gasteiger partial charge in [-0.25, -0.2) is 0 Å². The fourth-order valence-corrected chi connectivity index (χ4v) is 1.47. The van der Waals surface area contributed by atoms with Gasteiger partial charge in [0.2, 0.25) is 0 Å². The molecule has 0 aromatic heterocycles. The van der Waals surface area contributed by atoms with Gasteiger partial charge in [0.25, 0.3) is 0 Å². The smallest absolute Gasteiger partial charge is 0.143 e. The third-order valence-corrected chi connectivity index (χ3v) is 2.35. The molecule has 44 valence electrons. The van der Waals surface area contributed by atoms with Gasteiger partial charge in [-0.3, -0.25) is 4.79 Å². The molecule has 1 unspecified atom stereocenters. The fraction of sp³-hybridized carbons (Fsp3) is 0.500. The highest BCUT2D eigenvalue weighted by Crippen LogP contribution is 2.23. The molecule has 0 bridgehead atoms. The van der Waals surface area contributed by atoms with Crippen LogP contribution in [0.5, 0.6) is 0 Å². The predicted octanol–water partition coefficient (Wildman–Crippen LogP) is 1.59. The average Bonchev–Trinajstić information content (AvgIpc) is 2.12. The molecule has 0 aromatic rings. The van der Waals surface area contributed by atoms with Gasteiger partial charge in [-0.2, -0.15) is 0 Å². The maximum atomic E-state index is 10.6. The summed E-state index contributed by atoms with van der Waals surface area (Å²) < 4.78 is 0. The molecule has 0 spiro atoms. The summed E-state index contributed by atoms with van der Waals surface area (Å²) in [5.41, 5.74) is 0. The minimum absolute atomic E-state index is 0.231. The summed E-state index contributed by atoms with van der Waals surface area (Å²) in [5.74, 6) is 0.292. The Morgan fingerprint density at radius 2 is 2.62 bits per heavy atom.